The predicted molar refractivity (Wildman–Crippen MR) is 32.2 cm³/mol. The molecule has 0 aromatic carbocycles. The smallest absolute Gasteiger partial charge is 0.435 e. The summed E-state index contributed by atoms with van der Waals surface area (Å²) in [6.45, 7) is 0.763. The van der Waals surface area contributed by atoms with Gasteiger partial charge in [0.05, 0.1) is 5.69 Å². The zero-order valence-electron chi connectivity index (χ0n) is 6.14. The lowest BCUT2D eigenvalue weighted by Crippen LogP contribution is -2.04. The molecular weight excluding hydrogens is 175 g/mol. The molecule has 0 amide bonds. The molecule has 1 aromatic rings. The number of hydrogen-bond acceptors (Lipinski definition) is 3. The van der Waals surface area contributed by atoms with Gasteiger partial charge in [-0.25, -0.2) is 4.98 Å². The van der Waals surface area contributed by atoms with Crippen molar-refractivity contribution in [2.24, 2.45) is 0 Å². The van der Waals surface area contributed by atoms with E-state index < -0.39 is 18.7 Å². The third-order valence-corrected chi connectivity index (χ3v) is 1.28. The molecule has 0 aliphatic heterocycles. The molecule has 0 aliphatic carbocycles. The van der Waals surface area contributed by atoms with E-state index in [1.54, 1.807) is 0 Å². The fraction of sp³-hybridized carbons (Fsp3) is 0.500. The molecule has 6 heteroatoms. The average molecular weight is 181 g/mol. The molecular formula is C6H6F3NO2. The van der Waals surface area contributed by atoms with Crippen LogP contribution in [0.25, 0.3) is 0 Å². The molecule has 0 saturated heterocycles. The zero-order valence-corrected chi connectivity index (χ0v) is 6.14. The third-order valence-electron chi connectivity index (χ3n) is 1.28. The van der Waals surface area contributed by atoms with Crippen molar-refractivity contribution in [2.45, 2.75) is 19.7 Å². The second-order valence-corrected chi connectivity index (χ2v) is 2.18. The van der Waals surface area contributed by atoms with Gasteiger partial charge in [-0.05, 0) is 6.92 Å². The van der Waals surface area contributed by atoms with E-state index in [1.165, 1.54) is 6.92 Å². The van der Waals surface area contributed by atoms with E-state index in [0.717, 1.165) is 0 Å². The van der Waals surface area contributed by atoms with Gasteiger partial charge in [0.1, 0.15) is 6.61 Å². The van der Waals surface area contributed by atoms with E-state index in [1.807, 2.05) is 0 Å². The molecule has 0 unspecified atom stereocenters. The Hall–Kier alpha value is -1.04. The van der Waals surface area contributed by atoms with E-state index in [0.29, 0.717) is 0 Å². The first-order valence-corrected chi connectivity index (χ1v) is 3.09. The third kappa shape index (κ3) is 1.58. The molecule has 1 N–H and O–H groups in total. The normalized spacial score (nSPS) is 12.1. The first kappa shape index (κ1) is 9.05. The van der Waals surface area contributed by atoms with E-state index in [9.17, 15) is 13.2 Å². The van der Waals surface area contributed by atoms with Crippen molar-refractivity contribution in [3.63, 3.8) is 0 Å². The quantitative estimate of drug-likeness (QED) is 0.713. The van der Waals surface area contributed by atoms with Crippen LogP contribution < -0.4 is 0 Å². The summed E-state index contributed by atoms with van der Waals surface area (Å²) in [4.78, 5) is 3.10. The molecule has 1 heterocycles. The Morgan fingerprint density at radius 1 is 1.50 bits per heavy atom. The van der Waals surface area contributed by atoms with Gasteiger partial charge in [0, 0.05) is 0 Å². The van der Waals surface area contributed by atoms with Crippen LogP contribution in [0.4, 0.5) is 13.2 Å². The second kappa shape index (κ2) is 2.78. The first-order valence-electron chi connectivity index (χ1n) is 3.09. The maximum atomic E-state index is 11.9. The van der Waals surface area contributed by atoms with E-state index in [4.69, 9.17) is 5.11 Å². The van der Waals surface area contributed by atoms with Crippen LogP contribution in [0.5, 0.6) is 0 Å². The average Bonchev–Trinajstić information content (AvgIpc) is 2.29. The zero-order chi connectivity index (χ0) is 9.35. The van der Waals surface area contributed by atoms with Crippen LogP contribution in [-0.2, 0) is 12.8 Å². The lowest BCUT2D eigenvalue weighted by molar-refractivity contribution is -0.157. The van der Waals surface area contributed by atoms with Gasteiger partial charge in [-0.15, -0.1) is 0 Å². The van der Waals surface area contributed by atoms with Crippen molar-refractivity contribution in [1.82, 2.24) is 4.98 Å². The number of oxazole rings is 1. The van der Waals surface area contributed by atoms with Crippen molar-refractivity contribution in [3.05, 3.63) is 17.3 Å². The van der Waals surface area contributed by atoms with Gasteiger partial charge < -0.3 is 9.52 Å². The molecule has 0 spiro atoms. The number of nitrogens with zero attached hydrogens (tertiary/aromatic N) is 1. The van der Waals surface area contributed by atoms with Crippen molar-refractivity contribution < 1.29 is 22.7 Å². The highest BCUT2D eigenvalue weighted by Gasteiger charge is 2.37. The van der Waals surface area contributed by atoms with Gasteiger partial charge in [0.25, 0.3) is 0 Å². The van der Waals surface area contributed by atoms with Crippen LogP contribution in [0.1, 0.15) is 17.3 Å². The minimum atomic E-state index is -4.59. The Morgan fingerprint density at radius 2 is 2.08 bits per heavy atom. The Labute approximate surface area is 65.8 Å². The highest BCUT2D eigenvalue weighted by Crippen LogP contribution is 2.29. The molecule has 3 nitrogen and oxygen atoms in total. The Balaban J connectivity index is 3.05. The van der Waals surface area contributed by atoms with Gasteiger partial charge in [0.15, 0.2) is 5.76 Å². The Kier molecular flexibility index (Phi) is 2.10. The van der Waals surface area contributed by atoms with Crippen LogP contribution in [0, 0.1) is 6.92 Å². The second-order valence-electron chi connectivity index (χ2n) is 2.18. The van der Waals surface area contributed by atoms with Crippen molar-refractivity contribution in [3.8, 4) is 0 Å². The van der Waals surface area contributed by atoms with Gasteiger partial charge in [-0.2, -0.15) is 13.2 Å². The number of hydrogen-bond donors (Lipinski definition) is 1. The van der Waals surface area contributed by atoms with Gasteiger partial charge in [0.2, 0.25) is 0 Å². The maximum absolute atomic E-state index is 11.9. The first-order chi connectivity index (χ1) is 5.45. The SMILES string of the molecule is Cc1nc(C(F)(F)F)oc1CO. The highest BCUT2D eigenvalue weighted by molar-refractivity contribution is 5.07. The molecule has 0 saturated carbocycles. The Morgan fingerprint density at radius 3 is 2.33 bits per heavy atom. The van der Waals surface area contributed by atoms with Crippen LogP contribution >= 0.6 is 0 Å². The number of rotatable bonds is 1. The molecule has 1 aromatic heterocycles. The minimum Gasteiger partial charge on any atom is -0.435 e. The van der Waals surface area contributed by atoms with Crippen molar-refractivity contribution in [2.75, 3.05) is 0 Å². The molecule has 0 aliphatic rings. The lowest BCUT2D eigenvalue weighted by Gasteiger charge is -1.97. The lowest BCUT2D eigenvalue weighted by atomic mass is 10.4. The number of aliphatic hydroxyl groups excluding tert-OH is 1. The van der Waals surface area contributed by atoms with Crippen molar-refractivity contribution >= 4 is 0 Å². The largest absolute Gasteiger partial charge is 0.468 e. The number of aliphatic hydroxyl groups is 1. The maximum Gasteiger partial charge on any atom is 0.468 e. The summed E-state index contributed by atoms with van der Waals surface area (Å²) in [6, 6.07) is 0. The molecule has 68 valence electrons. The Bertz CT molecular complexity index is 279. The highest BCUT2D eigenvalue weighted by atomic mass is 19.4. The fourth-order valence-corrected chi connectivity index (χ4v) is 0.696. The van der Waals surface area contributed by atoms with Crippen LogP contribution in [0.3, 0.4) is 0 Å². The summed E-state index contributed by atoms with van der Waals surface area (Å²) in [5.41, 5.74) is 0.0600. The summed E-state index contributed by atoms with van der Waals surface area (Å²) in [6.07, 6.45) is -4.59. The molecule has 12 heavy (non-hydrogen) atoms. The number of aromatic nitrogens is 1. The van der Waals surface area contributed by atoms with E-state index in [-0.39, 0.29) is 11.5 Å². The predicted octanol–water partition coefficient (Wildman–Crippen LogP) is 1.49. The molecule has 0 bridgehead atoms. The summed E-state index contributed by atoms with van der Waals surface area (Å²) in [5.74, 6) is -1.47. The van der Waals surface area contributed by atoms with Gasteiger partial charge in [-0.1, -0.05) is 0 Å². The summed E-state index contributed by atoms with van der Waals surface area (Å²) in [5, 5.41) is 8.50. The van der Waals surface area contributed by atoms with Crippen LogP contribution in [-0.4, -0.2) is 10.1 Å². The standard InChI is InChI=1S/C6H6F3NO2/c1-3-4(2-11)12-5(10-3)6(7,8)9/h11H,2H2,1H3. The summed E-state index contributed by atoms with van der Waals surface area (Å²) >= 11 is 0. The number of alkyl halides is 3. The van der Waals surface area contributed by atoms with Crippen molar-refractivity contribution in [1.29, 1.82) is 0 Å². The number of aryl methyl sites for hydroxylation is 1. The molecule has 1 rings (SSSR count). The summed E-state index contributed by atoms with van der Waals surface area (Å²) < 4.78 is 39.9. The van der Waals surface area contributed by atoms with E-state index in [2.05, 4.69) is 9.40 Å². The topological polar surface area (TPSA) is 46.3 Å². The van der Waals surface area contributed by atoms with Crippen LogP contribution in [0.2, 0.25) is 0 Å². The molecule has 0 radical (unpaired) electrons. The minimum absolute atomic E-state index is 0.0600. The van der Waals surface area contributed by atoms with Crippen LogP contribution in [0.15, 0.2) is 4.42 Å². The molecule has 0 fully saturated rings. The molecule has 0 atom stereocenters. The fourth-order valence-electron chi connectivity index (χ4n) is 0.696. The van der Waals surface area contributed by atoms with Gasteiger partial charge in [-0.3, -0.25) is 0 Å². The van der Waals surface area contributed by atoms with Gasteiger partial charge >= 0.3 is 12.1 Å². The monoisotopic (exact) mass is 181 g/mol. The van der Waals surface area contributed by atoms with E-state index >= 15 is 0 Å². The number of halogens is 3. The summed E-state index contributed by atoms with van der Waals surface area (Å²) in [7, 11) is 0.